The number of halogens is 1. The van der Waals surface area contributed by atoms with Gasteiger partial charge in [-0.25, -0.2) is 9.97 Å². The molecule has 1 aromatic heterocycles. The van der Waals surface area contributed by atoms with Crippen LogP contribution < -0.4 is 5.32 Å². The quantitative estimate of drug-likeness (QED) is 0.872. The average Bonchev–Trinajstić information content (AvgIpc) is 3.03. The number of hydrogen-bond donors (Lipinski definition) is 1. The van der Waals surface area contributed by atoms with E-state index in [2.05, 4.69) is 39.2 Å². The highest BCUT2D eigenvalue weighted by Gasteiger charge is 2.22. The second kappa shape index (κ2) is 7.92. The predicted molar refractivity (Wildman–Crippen MR) is 99.5 cm³/mol. The topological polar surface area (TPSA) is 44.3 Å². The minimum absolute atomic E-state index is 0.567. The maximum Gasteiger partial charge on any atom is 0.223 e. The Bertz CT molecular complexity index is 664. The lowest BCUT2D eigenvalue weighted by atomic mass is 10.1. The van der Waals surface area contributed by atoms with Crippen molar-refractivity contribution in [3.05, 3.63) is 41.6 Å². The van der Waals surface area contributed by atoms with Gasteiger partial charge in [0.1, 0.15) is 0 Å². The minimum Gasteiger partial charge on any atom is -0.353 e. The van der Waals surface area contributed by atoms with Crippen LogP contribution in [0.25, 0.3) is 11.3 Å². The van der Waals surface area contributed by atoms with Crippen molar-refractivity contribution < 1.29 is 0 Å². The highest BCUT2D eigenvalue weighted by molar-refractivity contribution is 6.32. The normalized spacial score (nSPS) is 18.2. The molecule has 1 aliphatic heterocycles. The lowest BCUT2D eigenvalue weighted by Crippen LogP contribution is -2.37. The standard InChI is InChI=1S/C18H24ClN5/c1-23-10-8-15(13-23)24(2)11-9-20-18-21-12-16(19)17(22-18)14-6-4-3-5-7-14/h3-7,12,15H,8-11,13H2,1-2H3,(H,20,21,22). The molecule has 0 saturated carbocycles. The smallest absolute Gasteiger partial charge is 0.223 e. The van der Waals surface area contributed by atoms with Gasteiger partial charge in [0, 0.05) is 31.2 Å². The predicted octanol–water partition coefficient (Wildman–Crippen LogP) is 2.84. The number of hydrogen-bond acceptors (Lipinski definition) is 5. The zero-order valence-corrected chi connectivity index (χ0v) is 15.0. The van der Waals surface area contributed by atoms with Gasteiger partial charge in [-0.3, -0.25) is 0 Å². The van der Waals surface area contributed by atoms with Gasteiger partial charge in [0.15, 0.2) is 0 Å². The molecule has 1 aliphatic rings. The van der Waals surface area contributed by atoms with Crippen molar-refractivity contribution in [1.82, 2.24) is 19.8 Å². The summed E-state index contributed by atoms with van der Waals surface area (Å²) in [5, 5.41) is 3.88. The fourth-order valence-electron chi connectivity index (χ4n) is 3.05. The van der Waals surface area contributed by atoms with Gasteiger partial charge in [-0.1, -0.05) is 41.9 Å². The van der Waals surface area contributed by atoms with E-state index in [4.69, 9.17) is 11.6 Å². The first-order chi connectivity index (χ1) is 11.6. The molecule has 0 amide bonds. The van der Waals surface area contributed by atoms with Gasteiger partial charge < -0.3 is 15.1 Å². The van der Waals surface area contributed by atoms with Gasteiger partial charge in [0.25, 0.3) is 0 Å². The van der Waals surface area contributed by atoms with E-state index in [-0.39, 0.29) is 0 Å². The molecule has 1 saturated heterocycles. The molecule has 5 nitrogen and oxygen atoms in total. The molecule has 1 unspecified atom stereocenters. The highest BCUT2D eigenvalue weighted by Crippen LogP contribution is 2.25. The van der Waals surface area contributed by atoms with Crippen molar-refractivity contribution in [1.29, 1.82) is 0 Å². The lowest BCUT2D eigenvalue weighted by Gasteiger charge is -2.24. The molecule has 0 aliphatic carbocycles. The molecular weight excluding hydrogens is 322 g/mol. The van der Waals surface area contributed by atoms with E-state index in [1.807, 2.05) is 30.3 Å². The van der Waals surface area contributed by atoms with E-state index in [0.717, 1.165) is 30.9 Å². The molecular formula is C18H24ClN5. The summed E-state index contributed by atoms with van der Waals surface area (Å²) in [5.41, 5.74) is 1.76. The number of benzene rings is 1. The van der Waals surface area contributed by atoms with Gasteiger partial charge in [-0.05, 0) is 27.1 Å². The Morgan fingerprint density at radius 3 is 2.83 bits per heavy atom. The lowest BCUT2D eigenvalue weighted by molar-refractivity contribution is 0.250. The van der Waals surface area contributed by atoms with Crippen molar-refractivity contribution in [2.75, 3.05) is 45.6 Å². The summed E-state index contributed by atoms with van der Waals surface area (Å²) in [7, 11) is 4.36. The second-order valence-corrected chi connectivity index (χ2v) is 6.78. The van der Waals surface area contributed by atoms with E-state index in [9.17, 15) is 0 Å². The summed E-state index contributed by atoms with van der Waals surface area (Å²) in [6.45, 7) is 4.10. The number of nitrogens with one attached hydrogen (secondary N) is 1. The molecule has 1 fully saturated rings. The van der Waals surface area contributed by atoms with Crippen LogP contribution in [0.1, 0.15) is 6.42 Å². The fourth-order valence-corrected chi connectivity index (χ4v) is 3.25. The molecule has 1 aromatic carbocycles. The Morgan fingerprint density at radius 1 is 1.33 bits per heavy atom. The van der Waals surface area contributed by atoms with Crippen LogP contribution in [-0.2, 0) is 0 Å². The van der Waals surface area contributed by atoms with Gasteiger partial charge in [-0.15, -0.1) is 0 Å². The number of likely N-dealkylation sites (tertiary alicyclic amines) is 1. The van der Waals surface area contributed by atoms with Gasteiger partial charge in [0.2, 0.25) is 5.95 Å². The van der Waals surface area contributed by atoms with Crippen molar-refractivity contribution in [3.63, 3.8) is 0 Å². The van der Waals surface area contributed by atoms with E-state index >= 15 is 0 Å². The van der Waals surface area contributed by atoms with Crippen LogP contribution in [-0.4, -0.2) is 66.1 Å². The van der Waals surface area contributed by atoms with Crippen molar-refractivity contribution in [2.45, 2.75) is 12.5 Å². The molecule has 128 valence electrons. The number of likely N-dealkylation sites (N-methyl/N-ethyl adjacent to an activating group) is 2. The second-order valence-electron chi connectivity index (χ2n) is 6.37. The Kier molecular flexibility index (Phi) is 5.66. The van der Waals surface area contributed by atoms with Crippen molar-refractivity contribution in [3.8, 4) is 11.3 Å². The van der Waals surface area contributed by atoms with E-state index in [1.165, 1.54) is 13.0 Å². The van der Waals surface area contributed by atoms with Gasteiger partial charge in [-0.2, -0.15) is 0 Å². The number of aromatic nitrogens is 2. The first-order valence-electron chi connectivity index (χ1n) is 8.34. The van der Waals surface area contributed by atoms with E-state index in [0.29, 0.717) is 17.0 Å². The maximum atomic E-state index is 6.25. The molecule has 1 N–H and O–H groups in total. The van der Waals surface area contributed by atoms with Crippen molar-refractivity contribution in [2.24, 2.45) is 0 Å². The molecule has 2 heterocycles. The summed E-state index contributed by atoms with van der Waals surface area (Å²) in [4.78, 5) is 13.6. The van der Waals surface area contributed by atoms with Crippen LogP contribution in [0.2, 0.25) is 5.02 Å². The summed E-state index contributed by atoms with van der Waals surface area (Å²) in [6, 6.07) is 10.6. The van der Waals surface area contributed by atoms with E-state index < -0.39 is 0 Å². The van der Waals surface area contributed by atoms with E-state index in [1.54, 1.807) is 6.20 Å². The molecule has 24 heavy (non-hydrogen) atoms. The van der Waals surface area contributed by atoms with Crippen LogP contribution in [0.5, 0.6) is 0 Å². The zero-order valence-electron chi connectivity index (χ0n) is 14.2. The van der Waals surface area contributed by atoms with Crippen LogP contribution >= 0.6 is 11.6 Å². The average molecular weight is 346 g/mol. The molecule has 0 spiro atoms. The SMILES string of the molecule is CN1CCC(N(C)CCNc2ncc(Cl)c(-c3ccccc3)n2)C1. The first-order valence-corrected chi connectivity index (χ1v) is 8.72. The third-order valence-electron chi connectivity index (χ3n) is 4.53. The Morgan fingerprint density at radius 2 is 2.12 bits per heavy atom. The number of anilines is 1. The molecule has 0 radical (unpaired) electrons. The van der Waals surface area contributed by atoms with Crippen LogP contribution in [0, 0.1) is 0 Å². The van der Waals surface area contributed by atoms with Crippen molar-refractivity contribution >= 4 is 17.5 Å². The fraction of sp³-hybridized carbons (Fsp3) is 0.444. The third-order valence-corrected chi connectivity index (χ3v) is 4.81. The summed E-state index contributed by atoms with van der Waals surface area (Å²) in [6.07, 6.45) is 2.90. The monoisotopic (exact) mass is 345 g/mol. The minimum atomic E-state index is 0.567. The molecule has 2 aromatic rings. The molecule has 0 bridgehead atoms. The zero-order chi connectivity index (χ0) is 16.9. The maximum absolute atomic E-state index is 6.25. The van der Waals surface area contributed by atoms with Gasteiger partial charge in [0.05, 0.1) is 16.9 Å². The van der Waals surface area contributed by atoms with Crippen LogP contribution in [0.15, 0.2) is 36.5 Å². The molecule has 6 heteroatoms. The highest BCUT2D eigenvalue weighted by atomic mass is 35.5. The summed E-state index contributed by atoms with van der Waals surface area (Å²) >= 11 is 6.25. The van der Waals surface area contributed by atoms with Gasteiger partial charge >= 0.3 is 0 Å². The number of rotatable bonds is 6. The third kappa shape index (κ3) is 4.23. The first kappa shape index (κ1) is 17.1. The summed E-state index contributed by atoms with van der Waals surface area (Å²) in [5.74, 6) is 0.621. The Hall–Kier alpha value is -1.69. The Balaban J connectivity index is 1.58. The molecule has 1 atom stereocenters. The molecule has 3 rings (SSSR count). The van der Waals surface area contributed by atoms with Crippen LogP contribution in [0.3, 0.4) is 0 Å². The Labute approximate surface area is 148 Å². The number of nitrogens with zero attached hydrogens (tertiary/aromatic N) is 4. The summed E-state index contributed by atoms with van der Waals surface area (Å²) < 4.78 is 0. The van der Waals surface area contributed by atoms with Crippen LogP contribution in [0.4, 0.5) is 5.95 Å². The largest absolute Gasteiger partial charge is 0.353 e.